The van der Waals surface area contributed by atoms with Crippen molar-refractivity contribution in [3.8, 4) is 18.2 Å². The highest BCUT2D eigenvalue weighted by molar-refractivity contribution is 6.27. The van der Waals surface area contributed by atoms with Crippen molar-refractivity contribution in [1.82, 2.24) is 20.0 Å². The van der Waals surface area contributed by atoms with Crippen molar-refractivity contribution in [1.29, 1.82) is 15.8 Å². The smallest absolute Gasteiger partial charge is 0.238 e. The van der Waals surface area contributed by atoms with Crippen LogP contribution < -0.4 is 16.8 Å². The molecule has 682 valence electrons. The topological polar surface area (TPSA) is 455 Å². The van der Waals surface area contributed by atoms with E-state index in [-0.39, 0.29) is 120 Å². The van der Waals surface area contributed by atoms with E-state index in [1.54, 1.807) is 4.90 Å². The van der Waals surface area contributed by atoms with Gasteiger partial charge in [-0.05, 0) is 306 Å². The number of aliphatic hydroxyl groups is 7. The summed E-state index contributed by atoms with van der Waals surface area (Å²) in [6.07, 6.45) is 28.7. The van der Waals surface area contributed by atoms with Gasteiger partial charge in [-0.2, -0.15) is 15.8 Å². The molecule has 16 aliphatic carbocycles. The minimum Gasteiger partial charge on any atom is -0.393 e. The third-order valence-electron chi connectivity index (χ3n) is 32.2. The molecule has 19 aliphatic rings. The average Bonchev–Trinajstić information content (AvgIpc) is 1.65. The number of amides is 3. The van der Waals surface area contributed by atoms with Gasteiger partial charge >= 0.3 is 0 Å². The summed E-state index contributed by atoms with van der Waals surface area (Å²) >= 11 is 5.28. The van der Waals surface area contributed by atoms with Gasteiger partial charge in [0.2, 0.25) is 17.7 Å². The first-order chi connectivity index (χ1) is 57.3. The summed E-state index contributed by atoms with van der Waals surface area (Å²) in [6, 6.07) is 4.68. The van der Waals surface area contributed by atoms with Gasteiger partial charge in [0, 0.05) is 104 Å². The first kappa shape index (κ1) is 97.2. The molecule has 12 N–H and O–H groups in total. The van der Waals surface area contributed by atoms with Crippen LogP contribution in [0, 0.1) is 140 Å². The Morgan fingerprint density at radius 3 is 1.11 bits per heavy atom. The number of azide groups is 1. The van der Waals surface area contributed by atoms with E-state index in [1.165, 1.54) is 9.80 Å². The molecule has 19 rings (SSSR count). The van der Waals surface area contributed by atoms with Gasteiger partial charge in [-0.25, -0.2) is 8.78 Å². The van der Waals surface area contributed by atoms with Gasteiger partial charge in [0.05, 0.1) is 80.1 Å². The van der Waals surface area contributed by atoms with Gasteiger partial charge in [0.15, 0.2) is 0 Å². The zero-order chi connectivity index (χ0) is 88.9. The minimum atomic E-state index is -1.08. The van der Waals surface area contributed by atoms with Gasteiger partial charge in [-0.1, -0.05) is 25.9 Å². The van der Waals surface area contributed by atoms with Crippen LogP contribution in [0.4, 0.5) is 8.78 Å². The van der Waals surface area contributed by atoms with E-state index in [9.17, 15) is 83.4 Å². The average molecular weight is 1730 g/mol. The number of ketones is 4. The summed E-state index contributed by atoms with van der Waals surface area (Å²) in [6.45, 7) is 15.8. The van der Waals surface area contributed by atoms with E-state index in [2.05, 4.69) is 56.0 Å². The predicted molar refractivity (Wildman–Crippen MR) is 454 cm³/mol. The number of carbonyl (C=O) groups excluding carboxylic acids is 7. The van der Waals surface area contributed by atoms with E-state index >= 15 is 0 Å². The number of carbonyl (C=O) groups is 7. The third kappa shape index (κ3) is 26.0. The molecule has 3 heterocycles. The number of Topliss-reactive ketones (excluding diaryl/α,β-unsaturated/α-hetero) is 4. The van der Waals surface area contributed by atoms with Gasteiger partial charge in [0.1, 0.15) is 59.5 Å². The number of fused-ring (bicyclic) bond motifs is 8. The summed E-state index contributed by atoms with van der Waals surface area (Å²) in [4.78, 5) is 86.6. The molecule has 3 saturated heterocycles. The van der Waals surface area contributed by atoms with Crippen molar-refractivity contribution in [3.63, 3.8) is 0 Å². The number of rotatable bonds is 8. The lowest BCUT2D eigenvalue weighted by Gasteiger charge is -2.29. The fourth-order valence-corrected chi connectivity index (χ4v) is 27.5. The third-order valence-corrected chi connectivity index (χ3v) is 32.5. The molecular formula is C93H145ClF2N12O14. The zero-order valence-corrected chi connectivity index (χ0v) is 74.4. The summed E-state index contributed by atoms with van der Waals surface area (Å²) in [7, 11) is 0. The van der Waals surface area contributed by atoms with Crippen molar-refractivity contribution < 1.29 is 78.1 Å². The van der Waals surface area contributed by atoms with E-state index in [4.69, 9.17) is 39.1 Å². The van der Waals surface area contributed by atoms with Crippen LogP contribution in [0.3, 0.4) is 0 Å². The summed E-state index contributed by atoms with van der Waals surface area (Å²) in [5.74, 6) is 10.7. The molecule has 0 aromatic rings. The molecule has 16 saturated carbocycles. The van der Waals surface area contributed by atoms with Crippen LogP contribution in [0.25, 0.3) is 10.4 Å². The van der Waals surface area contributed by atoms with Crippen LogP contribution in [0.2, 0.25) is 0 Å². The van der Waals surface area contributed by atoms with E-state index < -0.39 is 30.0 Å². The molecule has 3 amide bonds. The summed E-state index contributed by atoms with van der Waals surface area (Å²) in [5.41, 5.74) is 20.1. The van der Waals surface area contributed by atoms with Crippen LogP contribution in [-0.2, 0) is 33.6 Å². The Bertz CT molecular complexity index is 3580. The maximum absolute atomic E-state index is 13.4. The Labute approximate surface area is 726 Å². The van der Waals surface area contributed by atoms with Gasteiger partial charge in [-0.15, -0.1) is 11.6 Å². The predicted octanol–water partition coefficient (Wildman–Crippen LogP) is 11.2. The lowest BCUT2D eigenvalue weighted by Crippen LogP contribution is -2.48. The number of nitrogens with zero attached hydrogens (tertiary/aromatic N) is 9. The Morgan fingerprint density at radius 1 is 0.451 bits per heavy atom. The second kappa shape index (κ2) is 40.9. The fourth-order valence-electron chi connectivity index (χ4n) is 27.3. The Balaban J connectivity index is 0.000000136. The highest BCUT2D eigenvalue weighted by Crippen LogP contribution is 2.57. The Kier molecular flexibility index (Phi) is 32.6. The van der Waals surface area contributed by atoms with E-state index in [1.807, 2.05) is 26.0 Å². The molecule has 19 fully saturated rings. The molecular weight excluding hydrogens is 1580 g/mol. The molecule has 26 nitrogen and oxygen atoms in total. The second-order valence-corrected chi connectivity index (χ2v) is 44.3. The van der Waals surface area contributed by atoms with Crippen LogP contribution in [-0.4, -0.2) is 218 Å². The number of aliphatic hydroxyl groups excluding tert-OH is 6. The molecule has 3 aliphatic heterocycles. The molecule has 12 unspecified atom stereocenters. The normalized spacial score (nSPS) is 45.5. The summed E-state index contributed by atoms with van der Waals surface area (Å²) < 4.78 is 26.1. The number of nitriles is 3. The minimum absolute atomic E-state index is 0.00138. The SMILES string of the molecule is CC1(CCC(=O)N2C[C@@H](F)C[C@H]2C#N)C[C@H]2CC(O)C[C@H]2C1.CC1(N)C[C@H]2CC(O)C[C@H]2C1.CC1(N)C[C@H]2CC(O)C[C@H]2C1.CC1(N=[N+]=[N-])C[C@H]2CC(O)C[C@H]2C1.CC1(O)C[C@H]2CC(=O)C[C@H]2C1.C[C@H]1C[C@@H](C#N)N(C(=O)CNC2(C)C[C@H]3CC(O)C[C@H]3C2)C1.N#C[C@@H]1C[C@H](F)CN1C(=O)CCl.O=C1CC2CC(=O)CC2C1.O=C1C[C@@H]2CC(O)C[C@@H]2C1. The monoisotopic (exact) mass is 1730 g/mol. The zero-order valence-electron chi connectivity index (χ0n) is 73.7. The van der Waals surface area contributed by atoms with Crippen molar-refractivity contribution in [3.05, 3.63) is 10.4 Å². The van der Waals surface area contributed by atoms with Crippen molar-refractivity contribution >= 4 is 52.5 Å². The second-order valence-electron chi connectivity index (χ2n) is 44.1. The molecule has 0 spiro atoms. The van der Waals surface area contributed by atoms with E-state index in [0.717, 1.165) is 216 Å². The van der Waals surface area contributed by atoms with Crippen molar-refractivity contribution in [2.24, 2.45) is 123 Å². The highest BCUT2D eigenvalue weighted by Gasteiger charge is 2.53. The standard InChI is InChI=1S/C17H25FN2O2.C17H27N3O2.C9H15N3O.2C9H17NO.C9H14O2.C8H12O2.C8H10O2.C7H8ClFN2O/c1-17(7-11-4-15(21)5-12(11)8-17)3-2-16(22)20-10-13(18)6-14(20)9-19;1-11-3-14(8-18)20(10-11)16(22)9-19-17(2)6-12-4-15(21)5-13(12)7-17;1-9(11-12-10)4-6-2-8(13)3-7(6)5-9;2*1-9(10)4-6-2-8(11)3-7(6)5-9;1-9(11)4-6-2-8(10)3-7(6)5-9;2*9-7-1-5-2-8(10)4-6(5)3-7;8-2-7(12)11-4-5(9)1-6(11)3-10/h11-15,21H,2-8,10H2,1H3;11-15,19,21H,3-7,9-10H2,1-2H3;6-8,13H,2-5H2,1H3;2*6-8,11H,2-5,10H2,1H3;6-7,11H,2-5H2,1H3;5-7,9H,1-4H2;5-6H,1-4H2;5-6H,1-2,4H2/t11-,12+,13-,14-,15?,17?;11-,12-,13+,14-,15?,17?;3*6-,7+,8?,9?;6-,7+,9?;5-,6+,7?;;5-,6-/m00......0/s1. The quantitative estimate of drug-likeness (QED) is 0.0467. The van der Waals surface area contributed by atoms with Crippen LogP contribution in [0.5, 0.6) is 0 Å². The molecule has 0 aromatic heterocycles. The van der Waals surface area contributed by atoms with Gasteiger partial charge < -0.3 is 67.2 Å². The Hall–Kier alpha value is -5.38. The molecule has 0 radical (unpaired) electrons. The van der Waals surface area contributed by atoms with Crippen LogP contribution in [0.1, 0.15) is 286 Å². The van der Waals surface area contributed by atoms with Gasteiger partial charge in [-0.3, -0.25) is 33.6 Å². The van der Waals surface area contributed by atoms with E-state index in [0.29, 0.717) is 145 Å². The maximum atomic E-state index is 13.4. The van der Waals surface area contributed by atoms with Crippen LogP contribution >= 0.6 is 11.6 Å². The molecule has 122 heavy (non-hydrogen) atoms. The maximum Gasteiger partial charge on any atom is 0.238 e. The number of likely N-dealkylation sites (tertiary alicyclic amines) is 3. The molecule has 0 bridgehead atoms. The number of nitrogens with two attached hydrogens (primary N) is 2. The lowest BCUT2D eigenvalue weighted by atomic mass is 9.81. The number of halogens is 3. The summed E-state index contributed by atoms with van der Waals surface area (Å²) in [5, 5.41) is 101. The number of hydrogen-bond donors (Lipinski definition) is 10. The lowest BCUT2D eigenvalue weighted by molar-refractivity contribution is -0.132. The number of hydrogen-bond acceptors (Lipinski definition) is 21. The number of alkyl halides is 3. The first-order valence-corrected chi connectivity index (χ1v) is 47.0. The van der Waals surface area contributed by atoms with Crippen LogP contribution in [0.15, 0.2) is 5.11 Å². The first-order valence-electron chi connectivity index (χ1n) is 46.5. The number of nitrogens with one attached hydrogen (secondary N) is 1. The van der Waals surface area contributed by atoms with Crippen molar-refractivity contribution in [2.75, 3.05) is 32.1 Å². The molecule has 0 aromatic carbocycles. The van der Waals surface area contributed by atoms with Crippen molar-refractivity contribution in [2.45, 2.75) is 381 Å². The largest absolute Gasteiger partial charge is 0.393 e. The fraction of sp³-hybridized carbons (Fsp3) is 0.892. The highest BCUT2D eigenvalue weighted by atomic mass is 35.5. The Morgan fingerprint density at radius 2 is 0.754 bits per heavy atom. The van der Waals surface area contributed by atoms with Gasteiger partial charge in [0.25, 0.3) is 0 Å². The molecule has 32 atom stereocenters. The molecule has 29 heteroatoms.